The number of hydrogen-bond donors (Lipinski definition) is 3. The molecule has 31 heavy (non-hydrogen) atoms. The van der Waals surface area contributed by atoms with E-state index in [9.17, 15) is 14.9 Å². The first kappa shape index (κ1) is 21.7. The molecule has 0 saturated heterocycles. The van der Waals surface area contributed by atoms with Crippen LogP contribution in [0.15, 0.2) is 54.9 Å². The molecular formula is C22H24N6O3. The predicted octanol–water partition coefficient (Wildman–Crippen LogP) is 4.54. The summed E-state index contributed by atoms with van der Waals surface area (Å²) in [4.78, 5) is 31.4. The number of unbranched alkanes of at least 4 members (excludes halogenated alkanes) is 1. The first-order valence-corrected chi connectivity index (χ1v) is 9.97. The smallest absolute Gasteiger partial charge is 0.334 e. The number of aromatic nitrogens is 2. The fourth-order valence-electron chi connectivity index (χ4n) is 3.02. The van der Waals surface area contributed by atoms with Crippen LogP contribution in [0.3, 0.4) is 0 Å². The third-order valence-corrected chi connectivity index (χ3v) is 4.72. The second-order valence-electron chi connectivity index (χ2n) is 7.00. The maximum atomic E-state index is 12.4. The van der Waals surface area contributed by atoms with Gasteiger partial charge in [0.25, 0.3) is 5.91 Å². The van der Waals surface area contributed by atoms with Crippen LogP contribution in [-0.2, 0) is 6.42 Å². The Morgan fingerprint density at radius 1 is 1.06 bits per heavy atom. The summed E-state index contributed by atoms with van der Waals surface area (Å²) in [6.07, 6.45) is 4.39. The van der Waals surface area contributed by atoms with Crippen molar-refractivity contribution in [1.29, 1.82) is 0 Å². The summed E-state index contributed by atoms with van der Waals surface area (Å²) < 4.78 is 0. The Morgan fingerprint density at radius 2 is 1.77 bits per heavy atom. The van der Waals surface area contributed by atoms with Gasteiger partial charge >= 0.3 is 5.69 Å². The highest BCUT2D eigenvalue weighted by molar-refractivity contribution is 5.96. The molecule has 0 fully saturated rings. The highest BCUT2D eigenvalue weighted by atomic mass is 16.6. The van der Waals surface area contributed by atoms with Gasteiger partial charge in [-0.25, -0.2) is 9.97 Å². The zero-order chi connectivity index (χ0) is 22.2. The highest BCUT2D eigenvalue weighted by Crippen LogP contribution is 2.30. The van der Waals surface area contributed by atoms with Crippen LogP contribution in [0.5, 0.6) is 0 Å². The first-order valence-electron chi connectivity index (χ1n) is 9.97. The van der Waals surface area contributed by atoms with Crippen molar-refractivity contribution in [2.75, 3.05) is 10.7 Å². The minimum Gasteiger partial charge on any atom is -0.334 e. The van der Waals surface area contributed by atoms with E-state index in [2.05, 4.69) is 33.1 Å². The normalized spacial score (nSPS) is 10.4. The van der Waals surface area contributed by atoms with E-state index >= 15 is 0 Å². The Hall–Kier alpha value is -4.01. The number of carbonyl (C=O) groups is 1. The molecule has 160 valence electrons. The van der Waals surface area contributed by atoms with Crippen LogP contribution >= 0.6 is 0 Å². The van der Waals surface area contributed by atoms with E-state index in [1.54, 1.807) is 25.1 Å². The van der Waals surface area contributed by atoms with Crippen molar-refractivity contribution in [3.63, 3.8) is 0 Å². The molecule has 0 aliphatic carbocycles. The van der Waals surface area contributed by atoms with Crippen LogP contribution in [0.4, 0.5) is 23.0 Å². The lowest BCUT2D eigenvalue weighted by atomic mass is 10.1. The summed E-state index contributed by atoms with van der Waals surface area (Å²) in [5.74, 6) is -0.527. The van der Waals surface area contributed by atoms with E-state index in [0.29, 0.717) is 11.3 Å². The van der Waals surface area contributed by atoms with Crippen molar-refractivity contribution >= 4 is 28.9 Å². The van der Waals surface area contributed by atoms with Crippen molar-refractivity contribution in [1.82, 2.24) is 15.4 Å². The lowest BCUT2D eigenvalue weighted by molar-refractivity contribution is -0.383. The number of benzene rings is 2. The molecule has 3 rings (SSSR count). The van der Waals surface area contributed by atoms with Gasteiger partial charge in [-0.2, -0.15) is 0 Å². The maximum absolute atomic E-state index is 12.4. The van der Waals surface area contributed by atoms with E-state index in [1.807, 2.05) is 30.3 Å². The lowest BCUT2D eigenvalue weighted by Crippen LogP contribution is -2.30. The van der Waals surface area contributed by atoms with Crippen LogP contribution in [0, 0.1) is 17.0 Å². The first-order chi connectivity index (χ1) is 15.0. The summed E-state index contributed by atoms with van der Waals surface area (Å²) >= 11 is 0. The van der Waals surface area contributed by atoms with Gasteiger partial charge in [-0.15, -0.1) is 0 Å². The van der Waals surface area contributed by atoms with Crippen molar-refractivity contribution in [3.8, 4) is 0 Å². The van der Waals surface area contributed by atoms with Crippen LogP contribution in [0.1, 0.15) is 41.3 Å². The van der Waals surface area contributed by atoms with Crippen LogP contribution in [0.2, 0.25) is 0 Å². The molecule has 0 aliphatic rings. The van der Waals surface area contributed by atoms with Gasteiger partial charge < -0.3 is 5.32 Å². The number of nitrogens with one attached hydrogen (secondary N) is 3. The fourth-order valence-corrected chi connectivity index (χ4v) is 3.02. The summed E-state index contributed by atoms with van der Waals surface area (Å²) in [7, 11) is 0. The Bertz CT molecular complexity index is 1070. The molecule has 3 aromatic rings. The number of hydrazine groups is 1. The average Bonchev–Trinajstić information content (AvgIpc) is 2.77. The van der Waals surface area contributed by atoms with Crippen molar-refractivity contribution in [2.45, 2.75) is 33.1 Å². The number of hydrogen-bond acceptors (Lipinski definition) is 7. The lowest BCUT2D eigenvalue weighted by Gasteiger charge is -2.12. The van der Waals surface area contributed by atoms with Gasteiger partial charge in [0.05, 0.1) is 4.92 Å². The summed E-state index contributed by atoms with van der Waals surface area (Å²) in [6.45, 7) is 3.94. The van der Waals surface area contributed by atoms with E-state index in [4.69, 9.17) is 0 Å². The van der Waals surface area contributed by atoms with Crippen molar-refractivity contribution in [3.05, 3.63) is 81.7 Å². The molecule has 1 aromatic heterocycles. The van der Waals surface area contributed by atoms with Gasteiger partial charge in [-0.1, -0.05) is 43.7 Å². The molecule has 0 aliphatic heterocycles. The number of carbonyl (C=O) groups excluding carboxylic acids is 1. The molecule has 9 heteroatoms. The van der Waals surface area contributed by atoms with Gasteiger partial charge in [-0.3, -0.25) is 25.8 Å². The Kier molecular flexibility index (Phi) is 7.10. The monoisotopic (exact) mass is 420 g/mol. The van der Waals surface area contributed by atoms with E-state index < -0.39 is 10.8 Å². The molecule has 0 spiro atoms. The second kappa shape index (κ2) is 10.1. The summed E-state index contributed by atoms with van der Waals surface area (Å²) in [6, 6.07) is 14.7. The molecule has 9 nitrogen and oxygen atoms in total. The largest absolute Gasteiger partial charge is 0.355 e. The van der Waals surface area contributed by atoms with Gasteiger partial charge in [0.1, 0.15) is 6.33 Å². The standard InChI is InChI=1S/C22H24N6O3/c1-3-4-8-16-10-12-17(13-11-16)25-20-19(28(30)31)21(24-14-23-20)26-27-22(29)18-9-6-5-7-15(18)2/h5-7,9-14H,3-4,8H2,1-2H3,(H,27,29)(H2,23,24,25,26). The molecule has 1 heterocycles. The molecule has 1 amide bonds. The predicted molar refractivity (Wildman–Crippen MR) is 119 cm³/mol. The van der Waals surface area contributed by atoms with Crippen molar-refractivity contribution < 1.29 is 9.72 Å². The van der Waals surface area contributed by atoms with Crippen molar-refractivity contribution in [2.24, 2.45) is 0 Å². The molecule has 2 aromatic carbocycles. The van der Waals surface area contributed by atoms with Gasteiger partial charge in [0.2, 0.25) is 11.6 Å². The number of anilines is 3. The van der Waals surface area contributed by atoms with E-state index in [-0.39, 0.29) is 17.3 Å². The highest BCUT2D eigenvalue weighted by Gasteiger charge is 2.24. The molecule has 3 N–H and O–H groups in total. The fraction of sp³-hybridized carbons (Fsp3) is 0.227. The average molecular weight is 420 g/mol. The van der Waals surface area contributed by atoms with Gasteiger partial charge in [0.15, 0.2) is 0 Å². The Labute approximate surface area is 180 Å². The van der Waals surface area contributed by atoms with E-state index in [0.717, 1.165) is 24.8 Å². The zero-order valence-electron chi connectivity index (χ0n) is 17.4. The topological polar surface area (TPSA) is 122 Å². The second-order valence-corrected chi connectivity index (χ2v) is 7.00. The summed E-state index contributed by atoms with van der Waals surface area (Å²) in [5, 5.41) is 14.7. The zero-order valence-corrected chi connectivity index (χ0v) is 17.4. The number of rotatable bonds is 9. The molecule has 0 bridgehead atoms. The third kappa shape index (κ3) is 5.53. The molecular weight excluding hydrogens is 396 g/mol. The molecule has 0 saturated carbocycles. The molecule has 0 unspecified atom stereocenters. The minimum atomic E-state index is -0.597. The van der Waals surface area contributed by atoms with Gasteiger partial charge in [0, 0.05) is 11.3 Å². The number of amides is 1. The Morgan fingerprint density at radius 3 is 2.45 bits per heavy atom. The van der Waals surface area contributed by atoms with Gasteiger partial charge in [-0.05, 0) is 49.1 Å². The van der Waals surface area contributed by atoms with Crippen LogP contribution < -0.4 is 16.2 Å². The van der Waals surface area contributed by atoms with E-state index in [1.165, 1.54) is 11.9 Å². The third-order valence-electron chi connectivity index (χ3n) is 4.72. The number of aryl methyl sites for hydroxylation is 2. The SMILES string of the molecule is CCCCc1ccc(Nc2ncnc(NNC(=O)c3ccccc3C)c2[N+](=O)[O-])cc1. The van der Waals surface area contributed by atoms with Crippen LogP contribution in [0.25, 0.3) is 0 Å². The number of nitro groups is 1. The maximum Gasteiger partial charge on any atom is 0.355 e. The number of nitrogens with zero attached hydrogens (tertiary/aromatic N) is 3. The summed E-state index contributed by atoms with van der Waals surface area (Å²) in [5.41, 5.74) is 7.73. The molecule has 0 radical (unpaired) electrons. The van der Waals surface area contributed by atoms with Crippen LogP contribution in [-0.4, -0.2) is 20.8 Å². The minimum absolute atomic E-state index is 0.0222. The quantitative estimate of drug-likeness (QED) is 0.343. The Balaban J connectivity index is 1.77. The molecule has 0 atom stereocenters.